The van der Waals surface area contributed by atoms with Gasteiger partial charge in [0.05, 0.1) is 26.7 Å². The number of ether oxygens (including phenoxy) is 3. The summed E-state index contributed by atoms with van der Waals surface area (Å²) in [5, 5.41) is 0. The molecular formula is C18H25O4. The Morgan fingerprint density at radius 2 is 1.55 bits per heavy atom. The fourth-order valence-corrected chi connectivity index (χ4v) is 3.44. The molecule has 0 bridgehead atoms. The fourth-order valence-electron chi connectivity index (χ4n) is 3.44. The molecule has 0 N–H and O–H groups in total. The molecule has 4 nitrogen and oxygen atoms in total. The van der Waals surface area contributed by atoms with Gasteiger partial charge in [0.15, 0.2) is 11.5 Å². The van der Waals surface area contributed by atoms with Crippen molar-refractivity contribution in [2.24, 2.45) is 5.92 Å². The van der Waals surface area contributed by atoms with Crippen LogP contribution in [-0.4, -0.2) is 27.6 Å². The van der Waals surface area contributed by atoms with Crippen molar-refractivity contribution in [3.63, 3.8) is 0 Å². The van der Waals surface area contributed by atoms with Crippen molar-refractivity contribution in [3.05, 3.63) is 17.7 Å². The molecule has 1 radical (unpaired) electrons. The standard InChI is InChI=1S/C18H25O4/c1-18(12-19,13-8-6-5-7-9-13)14-10-15(20-2)17(22-4)16(11-14)21-3/h10-11,13H,5-9H2,1-4H3/t18-/m0/s1. The van der Waals surface area contributed by atoms with Gasteiger partial charge in [-0.2, -0.15) is 0 Å². The van der Waals surface area contributed by atoms with Crippen LogP contribution in [0.25, 0.3) is 0 Å². The first kappa shape index (κ1) is 16.7. The SMILES string of the molecule is COc1cc([C@@](C)([C]=O)C2CCCCC2)cc(OC)c1OC. The molecule has 0 amide bonds. The van der Waals surface area contributed by atoms with Crippen LogP contribution >= 0.6 is 0 Å². The van der Waals surface area contributed by atoms with Gasteiger partial charge in [-0.3, -0.25) is 4.79 Å². The van der Waals surface area contributed by atoms with Crippen molar-refractivity contribution in [2.45, 2.75) is 44.4 Å². The summed E-state index contributed by atoms with van der Waals surface area (Å²) in [6.45, 7) is 1.97. The molecule has 121 valence electrons. The summed E-state index contributed by atoms with van der Waals surface area (Å²) in [6.07, 6.45) is 8.02. The molecule has 1 atom stereocenters. The fraction of sp³-hybridized carbons (Fsp3) is 0.611. The molecule has 0 heterocycles. The zero-order valence-electron chi connectivity index (χ0n) is 13.9. The van der Waals surface area contributed by atoms with Gasteiger partial charge in [0.2, 0.25) is 12.0 Å². The lowest BCUT2D eigenvalue weighted by molar-refractivity contribution is 0.267. The average Bonchev–Trinajstić information content (AvgIpc) is 2.60. The van der Waals surface area contributed by atoms with Crippen LogP contribution in [0.15, 0.2) is 12.1 Å². The van der Waals surface area contributed by atoms with E-state index in [0.717, 1.165) is 18.4 Å². The highest BCUT2D eigenvalue weighted by atomic mass is 16.5. The maximum Gasteiger partial charge on any atom is 0.209 e. The van der Waals surface area contributed by atoms with Crippen molar-refractivity contribution >= 4 is 6.29 Å². The predicted octanol–water partition coefficient (Wildman–Crippen LogP) is 3.66. The minimum Gasteiger partial charge on any atom is -0.493 e. The van der Waals surface area contributed by atoms with E-state index in [-0.39, 0.29) is 0 Å². The van der Waals surface area contributed by atoms with Crippen LogP contribution in [0, 0.1) is 5.92 Å². The Kier molecular flexibility index (Phi) is 5.33. The minimum atomic E-state index is -0.646. The highest BCUT2D eigenvalue weighted by Crippen LogP contribution is 2.45. The Hall–Kier alpha value is -1.71. The van der Waals surface area contributed by atoms with Gasteiger partial charge < -0.3 is 14.2 Å². The molecule has 0 aliphatic heterocycles. The molecule has 1 aliphatic rings. The zero-order valence-corrected chi connectivity index (χ0v) is 13.9. The number of rotatable bonds is 6. The molecule has 0 saturated heterocycles. The van der Waals surface area contributed by atoms with E-state index in [1.807, 2.05) is 19.1 Å². The van der Waals surface area contributed by atoms with Crippen LogP contribution in [0.4, 0.5) is 0 Å². The Balaban J connectivity index is 2.50. The van der Waals surface area contributed by atoms with E-state index in [0.29, 0.717) is 23.2 Å². The van der Waals surface area contributed by atoms with Crippen molar-refractivity contribution in [2.75, 3.05) is 21.3 Å². The van der Waals surface area contributed by atoms with Crippen LogP contribution in [0.3, 0.4) is 0 Å². The van der Waals surface area contributed by atoms with Gasteiger partial charge in [0, 0.05) is 0 Å². The minimum absolute atomic E-state index is 0.307. The van der Waals surface area contributed by atoms with Gasteiger partial charge >= 0.3 is 0 Å². The van der Waals surface area contributed by atoms with Gasteiger partial charge in [-0.25, -0.2) is 0 Å². The predicted molar refractivity (Wildman–Crippen MR) is 85.7 cm³/mol. The van der Waals surface area contributed by atoms with Crippen molar-refractivity contribution in [1.29, 1.82) is 0 Å². The maximum atomic E-state index is 11.8. The average molecular weight is 305 g/mol. The number of hydrogen-bond donors (Lipinski definition) is 0. The van der Waals surface area contributed by atoms with Crippen LogP contribution in [0.2, 0.25) is 0 Å². The quantitative estimate of drug-likeness (QED) is 0.804. The molecule has 1 saturated carbocycles. The number of carbonyl (C=O) groups excluding carboxylic acids is 1. The summed E-state index contributed by atoms with van der Waals surface area (Å²) >= 11 is 0. The van der Waals surface area contributed by atoms with E-state index in [1.165, 1.54) is 19.3 Å². The van der Waals surface area contributed by atoms with Gasteiger partial charge in [-0.15, -0.1) is 0 Å². The van der Waals surface area contributed by atoms with E-state index in [1.54, 1.807) is 21.3 Å². The smallest absolute Gasteiger partial charge is 0.209 e. The highest BCUT2D eigenvalue weighted by Gasteiger charge is 2.38. The topological polar surface area (TPSA) is 44.8 Å². The first-order valence-corrected chi connectivity index (χ1v) is 7.80. The van der Waals surface area contributed by atoms with Crippen molar-refractivity contribution in [1.82, 2.24) is 0 Å². The van der Waals surface area contributed by atoms with E-state index < -0.39 is 5.41 Å². The summed E-state index contributed by atoms with van der Waals surface area (Å²) in [4.78, 5) is 11.8. The van der Waals surface area contributed by atoms with Crippen LogP contribution in [0.1, 0.15) is 44.6 Å². The third-order valence-corrected chi connectivity index (χ3v) is 4.90. The van der Waals surface area contributed by atoms with Crippen LogP contribution in [0.5, 0.6) is 17.2 Å². The van der Waals surface area contributed by atoms with Crippen molar-refractivity contribution < 1.29 is 19.0 Å². The lowest BCUT2D eigenvalue weighted by atomic mass is 9.67. The molecule has 4 heteroatoms. The molecule has 2 rings (SSSR count). The molecular weight excluding hydrogens is 280 g/mol. The molecule has 1 fully saturated rings. The number of methoxy groups -OCH3 is 3. The second-order valence-corrected chi connectivity index (χ2v) is 6.05. The van der Waals surface area contributed by atoms with Gasteiger partial charge in [-0.1, -0.05) is 19.3 Å². The molecule has 0 aromatic heterocycles. The zero-order chi connectivity index (χ0) is 16.2. The summed E-state index contributed by atoms with van der Waals surface area (Å²) in [5.41, 5.74) is 0.233. The van der Waals surface area contributed by atoms with E-state index in [2.05, 4.69) is 6.29 Å². The second kappa shape index (κ2) is 7.03. The van der Waals surface area contributed by atoms with E-state index in [4.69, 9.17) is 14.2 Å². The highest BCUT2D eigenvalue weighted by molar-refractivity contribution is 5.71. The van der Waals surface area contributed by atoms with Crippen LogP contribution in [-0.2, 0) is 10.2 Å². The van der Waals surface area contributed by atoms with Gasteiger partial charge in [-0.05, 0) is 43.4 Å². The van der Waals surface area contributed by atoms with Crippen molar-refractivity contribution in [3.8, 4) is 17.2 Å². The largest absolute Gasteiger partial charge is 0.493 e. The normalized spacial score (nSPS) is 18.4. The number of benzene rings is 1. The third-order valence-electron chi connectivity index (χ3n) is 4.90. The lowest BCUT2D eigenvalue weighted by Gasteiger charge is -2.36. The Bertz CT molecular complexity index is 495. The molecule has 1 aromatic carbocycles. The van der Waals surface area contributed by atoms with E-state index in [9.17, 15) is 4.79 Å². The number of hydrogen-bond acceptors (Lipinski definition) is 4. The monoisotopic (exact) mass is 305 g/mol. The first-order chi connectivity index (χ1) is 10.6. The molecule has 1 aliphatic carbocycles. The van der Waals surface area contributed by atoms with Gasteiger partial charge in [0.25, 0.3) is 0 Å². The Morgan fingerprint density at radius 1 is 1.00 bits per heavy atom. The second-order valence-electron chi connectivity index (χ2n) is 6.05. The lowest BCUT2D eigenvalue weighted by Crippen LogP contribution is -2.35. The Labute approximate surface area is 132 Å². The van der Waals surface area contributed by atoms with Gasteiger partial charge in [0.1, 0.15) is 0 Å². The maximum absolute atomic E-state index is 11.8. The summed E-state index contributed by atoms with van der Waals surface area (Å²) in [6, 6.07) is 3.75. The van der Waals surface area contributed by atoms with Crippen LogP contribution < -0.4 is 14.2 Å². The molecule has 1 aromatic rings. The Morgan fingerprint density at radius 3 is 1.95 bits per heavy atom. The molecule has 22 heavy (non-hydrogen) atoms. The summed E-state index contributed by atoms with van der Waals surface area (Å²) in [5.74, 6) is 2.01. The molecule has 0 unspecified atom stereocenters. The third kappa shape index (κ3) is 2.92. The first-order valence-electron chi connectivity index (χ1n) is 7.80. The van der Waals surface area contributed by atoms with E-state index >= 15 is 0 Å². The molecule has 0 spiro atoms. The summed E-state index contributed by atoms with van der Waals surface area (Å²) in [7, 11) is 4.75. The summed E-state index contributed by atoms with van der Waals surface area (Å²) < 4.78 is 16.2.